The highest BCUT2D eigenvalue weighted by molar-refractivity contribution is 5.94. The lowest BCUT2D eigenvalue weighted by atomic mass is 9.98. The van der Waals surface area contributed by atoms with Crippen molar-refractivity contribution in [1.82, 2.24) is 15.1 Å². The molecule has 4 nitrogen and oxygen atoms in total. The molecular weight excluding hydrogens is 322 g/mol. The lowest BCUT2D eigenvalue weighted by Crippen LogP contribution is -2.45. The van der Waals surface area contributed by atoms with Gasteiger partial charge in [-0.2, -0.15) is 0 Å². The van der Waals surface area contributed by atoms with Crippen molar-refractivity contribution in [3.8, 4) is 0 Å². The average Bonchev–Trinajstić information content (AvgIpc) is 2.64. The van der Waals surface area contributed by atoms with E-state index >= 15 is 0 Å². The van der Waals surface area contributed by atoms with Crippen LogP contribution in [0, 0.1) is 5.92 Å². The van der Waals surface area contributed by atoms with E-state index in [9.17, 15) is 4.79 Å². The first-order chi connectivity index (χ1) is 12.4. The SMILES string of the molecule is CCN(Cc1ccc(C(=O)NCC(C)N2CCC(C)CC2)cc1)C(C)C. The van der Waals surface area contributed by atoms with E-state index in [2.05, 4.69) is 61.9 Å². The van der Waals surface area contributed by atoms with E-state index in [0.29, 0.717) is 18.6 Å². The number of nitrogens with one attached hydrogen (secondary N) is 1. The zero-order chi connectivity index (χ0) is 19.1. The Balaban J connectivity index is 1.82. The van der Waals surface area contributed by atoms with Gasteiger partial charge in [-0.15, -0.1) is 0 Å². The van der Waals surface area contributed by atoms with Gasteiger partial charge in [0.2, 0.25) is 0 Å². The Kier molecular flexibility index (Phi) is 8.11. The van der Waals surface area contributed by atoms with Crippen molar-refractivity contribution >= 4 is 5.91 Å². The minimum atomic E-state index is 0.0324. The van der Waals surface area contributed by atoms with Gasteiger partial charge in [-0.3, -0.25) is 14.6 Å². The normalized spacial score (nSPS) is 17.7. The number of hydrogen-bond acceptors (Lipinski definition) is 3. The van der Waals surface area contributed by atoms with Gasteiger partial charge in [0.25, 0.3) is 5.91 Å². The largest absolute Gasteiger partial charge is 0.350 e. The van der Waals surface area contributed by atoms with Crippen LogP contribution < -0.4 is 5.32 Å². The monoisotopic (exact) mass is 359 g/mol. The van der Waals surface area contributed by atoms with E-state index in [0.717, 1.165) is 37.7 Å². The lowest BCUT2D eigenvalue weighted by Gasteiger charge is -2.35. The Morgan fingerprint density at radius 2 is 1.81 bits per heavy atom. The Labute approximate surface area is 159 Å². The van der Waals surface area contributed by atoms with Crippen molar-refractivity contribution in [2.75, 3.05) is 26.2 Å². The zero-order valence-corrected chi connectivity index (χ0v) is 17.3. The molecule has 1 aliphatic rings. The van der Waals surface area contributed by atoms with E-state index < -0.39 is 0 Å². The number of hydrogen-bond donors (Lipinski definition) is 1. The van der Waals surface area contributed by atoms with Crippen LogP contribution in [0.2, 0.25) is 0 Å². The number of rotatable bonds is 8. The van der Waals surface area contributed by atoms with Crippen LogP contribution in [-0.4, -0.2) is 54.0 Å². The summed E-state index contributed by atoms with van der Waals surface area (Å²) in [6.45, 7) is 16.1. The fourth-order valence-corrected chi connectivity index (χ4v) is 3.60. The highest BCUT2D eigenvalue weighted by Gasteiger charge is 2.20. The zero-order valence-electron chi connectivity index (χ0n) is 17.3. The maximum atomic E-state index is 12.4. The van der Waals surface area contributed by atoms with Gasteiger partial charge in [-0.25, -0.2) is 0 Å². The molecule has 1 atom stereocenters. The maximum Gasteiger partial charge on any atom is 0.251 e. The van der Waals surface area contributed by atoms with E-state index in [-0.39, 0.29) is 5.91 Å². The molecular formula is C22H37N3O. The summed E-state index contributed by atoms with van der Waals surface area (Å²) >= 11 is 0. The Morgan fingerprint density at radius 1 is 1.19 bits per heavy atom. The summed E-state index contributed by atoms with van der Waals surface area (Å²) in [6.07, 6.45) is 2.54. The van der Waals surface area contributed by atoms with Gasteiger partial charge in [0.1, 0.15) is 0 Å². The summed E-state index contributed by atoms with van der Waals surface area (Å²) in [7, 11) is 0. The molecule has 1 fully saturated rings. The Morgan fingerprint density at radius 3 is 2.35 bits per heavy atom. The highest BCUT2D eigenvalue weighted by atomic mass is 16.1. The molecule has 0 aliphatic carbocycles. The van der Waals surface area contributed by atoms with Crippen LogP contribution in [0.3, 0.4) is 0 Å². The summed E-state index contributed by atoms with van der Waals surface area (Å²) in [5, 5.41) is 3.11. The van der Waals surface area contributed by atoms with Crippen molar-refractivity contribution in [3.05, 3.63) is 35.4 Å². The molecule has 0 saturated carbocycles. The number of piperidine rings is 1. The van der Waals surface area contributed by atoms with Crippen LogP contribution in [0.4, 0.5) is 0 Å². The quantitative estimate of drug-likeness (QED) is 0.767. The molecule has 1 amide bonds. The van der Waals surface area contributed by atoms with Crippen LogP contribution >= 0.6 is 0 Å². The third kappa shape index (κ3) is 6.10. The van der Waals surface area contributed by atoms with Gasteiger partial charge >= 0.3 is 0 Å². The third-order valence-electron chi connectivity index (χ3n) is 5.74. The molecule has 1 saturated heterocycles. The standard InChI is InChI=1S/C22H37N3O/c1-6-24(17(2)3)16-20-7-9-21(10-8-20)22(26)23-15-19(5)25-13-11-18(4)12-14-25/h7-10,17-19H,6,11-16H2,1-5H3,(H,23,26). The fourth-order valence-electron chi connectivity index (χ4n) is 3.60. The number of nitrogens with zero attached hydrogens (tertiary/aromatic N) is 2. The molecule has 0 aromatic heterocycles. The molecule has 1 aliphatic heterocycles. The molecule has 26 heavy (non-hydrogen) atoms. The van der Waals surface area contributed by atoms with Crippen molar-refractivity contribution in [1.29, 1.82) is 0 Å². The Bertz CT molecular complexity index is 547. The molecule has 1 aromatic rings. The van der Waals surface area contributed by atoms with E-state index in [4.69, 9.17) is 0 Å². The van der Waals surface area contributed by atoms with Crippen LogP contribution in [0.1, 0.15) is 63.4 Å². The fraction of sp³-hybridized carbons (Fsp3) is 0.682. The summed E-state index contributed by atoms with van der Waals surface area (Å²) in [6, 6.07) is 8.99. The molecule has 0 radical (unpaired) electrons. The van der Waals surface area contributed by atoms with Crippen LogP contribution in [0.15, 0.2) is 24.3 Å². The van der Waals surface area contributed by atoms with Crippen molar-refractivity contribution in [2.45, 2.75) is 66.1 Å². The predicted molar refractivity (Wildman–Crippen MR) is 109 cm³/mol. The second-order valence-corrected chi connectivity index (χ2v) is 8.13. The molecule has 146 valence electrons. The lowest BCUT2D eigenvalue weighted by molar-refractivity contribution is 0.0921. The summed E-state index contributed by atoms with van der Waals surface area (Å²) < 4.78 is 0. The van der Waals surface area contributed by atoms with E-state index in [1.807, 2.05) is 12.1 Å². The number of carbonyl (C=O) groups excluding carboxylic acids is 1. The molecule has 1 aromatic carbocycles. The van der Waals surface area contributed by atoms with Crippen molar-refractivity contribution < 1.29 is 4.79 Å². The van der Waals surface area contributed by atoms with Gasteiger partial charge in [-0.05, 0) is 76.9 Å². The number of amides is 1. The smallest absolute Gasteiger partial charge is 0.251 e. The molecule has 0 spiro atoms. The topological polar surface area (TPSA) is 35.6 Å². The van der Waals surface area contributed by atoms with Gasteiger partial charge in [-0.1, -0.05) is 26.0 Å². The number of carbonyl (C=O) groups is 1. The molecule has 1 N–H and O–H groups in total. The van der Waals surface area contributed by atoms with Gasteiger partial charge in [0.05, 0.1) is 0 Å². The first-order valence-corrected chi connectivity index (χ1v) is 10.3. The van der Waals surface area contributed by atoms with Crippen LogP contribution in [-0.2, 0) is 6.54 Å². The molecule has 1 unspecified atom stereocenters. The number of likely N-dealkylation sites (tertiary alicyclic amines) is 1. The van der Waals surface area contributed by atoms with Crippen LogP contribution in [0.5, 0.6) is 0 Å². The van der Waals surface area contributed by atoms with Gasteiger partial charge in [0, 0.05) is 30.7 Å². The first kappa shape index (κ1) is 20.9. The van der Waals surface area contributed by atoms with Crippen molar-refractivity contribution in [2.24, 2.45) is 5.92 Å². The molecule has 1 heterocycles. The minimum Gasteiger partial charge on any atom is -0.350 e. The second-order valence-electron chi connectivity index (χ2n) is 8.13. The van der Waals surface area contributed by atoms with E-state index in [1.54, 1.807) is 0 Å². The Hall–Kier alpha value is -1.39. The highest BCUT2D eigenvalue weighted by Crippen LogP contribution is 2.17. The third-order valence-corrected chi connectivity index (χ3v) is 5.74. The second kappa shape index (κ2) is 10.1. The van der Waals surface area contributed by atoms with Gasteiger partial charge < -0.3 is 5.32 Å². The van der Waals surface area contributed by atoms with Gasteiger partial charge in [0.15, 0.2) is 0 Å². The first-order valence-electron chi connectivity index (χ1n) is 10.3. The van der Waals surface area contributed by atoms with Crippen LogP contribution in [0.25, 0.3) is 0 Å². The predicted octanol–water partition coefficient (Wildman–Crippen LogP) is 3.77. The summed E-state index contributed by atoms with van der Waals surface area (Å²) in [5.41, 5.74) is 2.01. The summed E-state index contributed by atoms with van der Waals surface area (Å²) in [5.74, 6) is 0.871. The molecule has 0 bridgehead atoms. The van der Waals surface area contributed by atoms with E-state index in [1.165, 1.54) is 18.4 Å². The summed E-state index contributed by atoms with van der Waals surface area (Å²) in [4.78, 5) is 17.3. The maximum absolute atomic E-state index is 12.4. The minimum absolute atomic E-state index is 0.0324. The average molecular weight is 360 g/mol. The molecule has 2 rings (SSSR count). The molecule has 4 heteroatoms. The number of benzene rings is 1. The van der Waals surface area contributed by atoms with Crippen molar-refractivity contribution in [3.63, 3.8) is 0 Å².